The lowest BCUT2D eigenvalue weighted by Crippen LogP contribution is -2.29. The highest BCUT2D eigenvalue weighted by Gasteiger charge is 2.31. The first-order valence-electron chi connectivity index (χ1n) is 6.64. The van der Waals surface area contributed by atoms with Crippen molar-refractivity contribution < 1.29 is 4.52 Å². The van der Waals surface area contributed by atoms with E-state index >= 15 is 0 Å². The molecule has 102 valence electrons. The summed E-state index contributed by atoms with van der Waals surface area (Å²) >= 11 is 1.65. The summed E-state index contributed by atoms with van der Waals surface area (Å²) < 4.78 is 5.33. The Labute approximate surface area is 116 Å². The lowest BCUT2D eigenvalue weighted by Gasteiger charge is -2.11. The summed E-state index contributed by atoms with van der Waals surface area (Å²) in [6, 6.07) is 0.467. The number of aryl methyl sites for hydroxylation is 1. The third kappa shape index (κ3) is 3.19. The first-order chi connectivity index (χ1) is 9.24. The van der Waals surface area contributed by atoms with Crippen LogP contribution in [0.25, 0.3) is 0 Å². The summed E-state index contributed by atoms with van der Waals surface area (Å²) in [5.41, 5.74) is 1.02. The van der Waals surface area contributed by atoms with Gasteiger partial charge in [-0.05, 0) is 32.7 Å². The second-order valence-electron chi connectivity index (χ2n) is 5.08. The average molecular weight is 278 g/mol. The smallest absolute Gasteiger partial charge is 0.228 e. The SMILES string of the molecule is CNC(Cc1nc(Cc2csc(C)n2)no1)C1CC1. The van der Waals surface area contributed by atoms with Crippen LogP contribution in [0.15, 0.2) is 9.90 Å². The van der Waals surface area contributed by atoms with Gasteiger partial charge in [0.2, 0.25) is 5.89 Å². The van der Waals surface area contributed by atoms with E-state index in [1.54, 1.807) is 11.3 Å². The average Bonchev–Trinajstić information content (AvgIpc) is 3.03. The van der Waals surface area contributed by atoms with Crippen molar-refractivity contribution >= 4 is 11.3 Å². The number of rotatable bonds is 6. The van der Waals surface area contributed by atoms with Crippen LogP contribution in [0.4, 0.5) is 0 Å². The van der Waals surface area contributed by atoms with Gasteiger partial charge in [0.15, 0.2) is 5.82 Å². The zero-order chi connectivity index (χ0) is 13.2. The molecule has 2 aromatic heterocycles. The van der Waals surface area contributed by atoms with Crippen molar-refractivity contribution in [2.24, 2.45) is 5.92 Å². The van der Waals surface area contributed by atoms with Crippen LogP contribution in [0, 0.1) is 12.8 Å². The summed E-state index contributed by atoms with van der Waals surface area (Å²) in [5.74, 6) is 2.24. The quantitative estimate of drug-likeness (QED) is 0.875. The van der Waals surface area contributed by atoms with E-state index in [9.17, 15) is 0 Å². The number of nitrogens with one attached hydrogen (secondary N) is 1. The van der Waals surface area contributed by atoms with Gasteiger partial charge in [0, 0.05) is 17.8 Å². The van der Waals surface area contributed by atoms with Crippen molar-refractivity contribution in [3.63, 3.8) is 0 Å². The second kappa shape index (κ2) is 5.38. The van der Waals surface area contributed by atoms with E-state index in [0.717, 1.165) is 34.8 Å². The van der Waals surface area contributed by atoms with Crippen molar-refractivity contribution in [2.75, 3.05) is 7.05 Å². The minimum absolute atomic E-state index is 0.467. The van der Waals surface area contributed by atoms with Crippen LogP contribution in [0.5, 0.6) is 0 Å². The third-order valence-corrected chi connectivity index (χ3v) is 4.29. The van der Waals surface area contributed by atoms with Crippen LogP contribution in [-0.4, -0.2) is 28.2 Å². The molecule has 1 N–H and O–H groups in total. The topological polar surface area (TPSA) is 63.8 Å². The van der Waals surface area contributed by atoms with Gasteiger partial charge in [-0.15, -0.1) is 11.3 Å². The van der Waals surface area contributed by atoms with Gasteiger partial charge >= 0.3 is 0 Å². The van der Waals surface area contributed by atoms with Crippen LogP contribution in [-0.2, 0) is 12.8 Å². The predicted molar refractivity (Wildman–Crippen MR) is 73.2 cm³/mol. The molecule has 1 aliphatic carbocycles. The maximum atomic E-state index is 5.33. The van der Waals surface area contributed by atoms with Gasteiger partial charge in [0.1, 0.15) is 0 Å². The van der Waals surface area contributed by atoms with Gasteiger partial charge in [-0.3, -0.25) is 0 Å². The van der Waals surface area contributed by atoms with Gasteiger partial charge in [-0.2, -0.15) is 4.98 Å². The number of hydrogen-bond donors (Lipinski definition) is 1. The Morgan fingerprint density at radius 3 is 2.95 bits per heavy atom. The number of nitrogens with zero attached hydrogens (tertiary/aromatic N) is 3. The van der Waals surface area contributed by atoms with E-state index < -0.39 is 0 Å². The fourth-order valence-corrected chi connectivity index (χ4v) is 2.90. The van der Waals surface area contributed by atoms with Gasteiger partial charge in [0.25, 0.3) is 0 Å². The predicted octanol–water partition coefficient (Wildman–Crippen LogP) is 1.97. The highest BCUT2D eigenvalue weighted by atomic mass is 32.1. The normalized spacial score (nSPS) is 16.7. The fraction of sp³-hybridized carbons (Fsp3) is 0.615. The number of thiazole rings is 1. The monoisotopic (exact) mass is 278 g/mol. The fourth-order valence-electron chi connectivity index (χ4n) is 2.29. The Morgan fingerprint density at radius 2 is 2.32 bits per heavy atom. The van der Waals surface area contributed by atoms with E-state index in [1.807, 2.05) is 19.4 Å². The van der Waals surface area contributed by atoms with E-state index in [-0.39, 0.29) is 0 Å². The molecular weight excluding hydrogens is 260 g/mol. The van der Waals surface area contributed by atoms with E-state index in [1.165, 1.54) is 12.8 Å². The lowest BCUT2D eigenvalue weighted by atomic mass is 10.1. The Kier molecular flexibility index (Phi) is 3.61. The molecule has 0 aliphatic heterocycles. The first kappa shape index (κ1) is 12.7. The zero-order valence-corrected chi connectivity index (χ0v) is 12.0. The minimum Gasteiger partial charge on any atom is -0.339 e. The summed E-state index contributed by atoms with van der Waals surface area (Å²) in [4.78, 5) is 8.87. The second-order valence-corrected chi connectivity index (χ2v) is 6.14. The van der Waals surface area contributed by atoms with E-state index in [0.29, 0.717) is 12.5 Å². The summed E-state index contributed by atoms with van der Waals surface area (Å²) in [6.07, 6.45) is 4.10. The maximum Gasteiger partial charge on any atom is 0.228 e. The lowest BCUT2D eigenvalue weighted by molar-refractivity contribution is 0.349. The van der Waals surface area contributed by atoms with Crippen molar-refractivity contribution in [3.8, 4) is 0 Å². The summed E-state index contributed by atoms with van der Waals surface area (Å²) in [7, 11) is 2.00. The Morgan fingerprint density at radius 1 is 1.47 bits per heavy atom. The van der Waals surface area contributed by atoms with Crippen LogP contribution in [0.3, 0.4) is 0 Å². The number of likely N-dealkylation sites (N-methyl/N-ethyl adjacent to an activating group) is 1. The molecule has 5 nitrogen and oxygen atoms in total. The number of aromatic nitrogens is 3. The van der Waals surface area contributed by atoms with Crippen LogP contribution in [0.2, 0.25) is 0 Å². The molecule has 1 atom stereocenters. The molecule has 0 spiro atoms. The van der Waals surface area contributed by atoms with Gasteiger partial charge in [-0.1, -0.05) is 5.16 Å². The van der Waals surface area contributed by atoms with Crippen molar-refractivity contribution in [3.05, 3.63) is 27.8 Å². The zero-order valence-electron chi connectivity index (χ0n) is 11.2. The van der Waals surface area contributed by atoms with Gasteiger partial charge in [0.05, 0.1) is 17.1 Å². The van der Waals surface area contributed by atoms with Crippen molar-refractivity contribution in [1.82, 2.24) is 20.4 Å². The molecule has 1 fully saturated rings. The molecule has 6 heteroatoms. The highest BCUT2D eigenvalue weighted by Crippen LogP contribution is 2.33. The molecule has 2 heterocycles. The van der Waals surface area contributed by atoms with Crippen molar-refractivity contribution in [1.29, 1.82) is 0 Å². The standard InChI is InChI=1S/C13H18N4OS/c1-8-15-10(7-19-8)5-12-16-13(18-17-12)6-11(14-2)9-3-4-9/h7,9,11,14H,3-6H2,1-2H3. The molecule has 2 aromatic rings. The maximum absolute atomic E-state index is 5.33. The van der Waals surface area contributed by atoms with Gasteiger partial charge in [-0.25, -0.2) is 4.98 Å². The molecule has 1 saturated carbocycles. The molecule has 1 unspecified atom stereocenters. The van der Waals surface area contributed by atoms with Crippen LogP contribution >= 0.6 is 11.3 Å². The summed E-state index contributed by atoms with van der Waals surface area (Å²) in [5, 5.41) is 10.5. The molecule has 0 aromatic carbocycles. The van der Waals surface area contributed by atoms with Gasteiger partial charge < -0.3 is 9.84 Å². The molecule has 1 aliphatic rings. The van der Waals surface area contributed by atoms with Crippen molar-refractivity contribution in [2.45, 2.75) is 38.6 Å². The minimum atomic E-state index is 0.467. The highest BCUT2D eigenvalue weighted by molar-refractivity contribution is 7.09. The molecular formula is C13H18N4OS. The molecule has 19 heavy (non-hydrogen) atoms. The third-order valence-electron chi connectivity index (χ3n) is 3.47. The largest absolute Gasteiger partial charge is 0.339 e. The molecule has 0 bridgehead atoms. The summed E-state index contributed by atoms with van der Waals surface area (Å²) in [6.45, 7) is 2.00. The van der Waals surface area contributed by atoms with Crippen LogP contribution in [0.1, 0.15) is 35.3 Å². The Bertz CT molecular complexity index is 546. The molecule has 0 radical (unpaired) electrons. The molecule has 0 saturated heterocycles. The molecule has 3 rings (SSSR count). The van der Waals surface area contributed by atoms with E-state index in [2.05, 4.69) is 20.4 Å². The van der Waals surface area contributed by atoms with E-state index in [4.69, 9.17) is 4.52 Å². The Balaban J connectivity index is 1.62. The number of hydrogen-bond acceptors (Lipinski definition) is 6. The first-order valence-corrected chi connectivity index (χ1v) is 7.52. The van der Waals surface area contributed by atoms with Crippen LogP contribution < -0.4 is 5.32 Å². The molecule has 0 amide bonds. The Hall–Kier alpha value is -1.27.